The molecule has 0 aliphatic carbocycles. The van der Waals surface area contributed by atoms with E-state index in [2.05, 4.69) is 0 Å². The molecule has 2 rings (SSSR count). The van der Waals surface area contributed by atoms with E-state index in [-0.39, 0.29) is 5.75 Å². The van der Waals surface area contributed by atoms with Gasteiger partial charge >= 0.3 is 0 Å². The number of aromatic hydroxyl groups is 1. The second kappa shape index (κ2) is 6.07. The lowest BCUT2D eigenvalue weighted by atomic mass is 10.1. The first kappa shape index (κ1) is 12.5. The van der Waals surface area contributed by atoms with Crippen LogP contribution in [0.25, 0.3) is 0 Å². The zero-order valence-electron chi connectivity index (χ0n) is 10.2. The van der Waals surface area contributed by atoms with Gasteiger partial charge in [0.1, 0.15) is 6.61 Å². The standard InChI is InChI=1S/C15H17NO2/c16-10-9-13-7-4-8-14(15(13)17)18-11-12-5-2-1-3-6-12/h1-8,17H,9-11,16H2. The number of rotatable bonds is 5. The van der Waals surface area contributed by atoms with Crippen LogP contribution in [-0.4, -0.2) is 11.7 Å². The zero-order valence-corrected chi connectivity index (χ0v) is 10.2. The Morgan fingerprint density at radius 1 is 1.00 bits per heavy atom. The average Bonchev–Trinajstić information content (AvgIpc) is 2.41. The summed E-state index contributed by atoms with van der Waals surface area (Å²) in [6.07, 6.45) is 0.647. The molecule has 0 amide bonds. The monoisotopic (exact) mass is 243 g/mol. The van der Waals surface area contributed by atoms with E-state index >= 15 is 0 Å². The Bertz CT molecular complexity index is 497. The Morgan fingerprint density at radius 2 is 1.78 bits per heavy atom. The quantitative estimate of drug-likeness (QED) is 0.848. The number of benzene rings is 2. The minimum absolute atomic E-state index is 0.193. The van der Waals surface area contributed by atoms with E-state index < -0.39 is 0 Å². The summed E-state index contributed by atoms with van der Waals surface area (Å²) in [4.78, 5) is 0. The lowest BCUT2D eigenvalue weighted by Gasteiger charge is -2.11. The van der Waals surface area contributed by atoms with Crippen LogP contribution < -0.4 is 10.5 Å². The molecule has 0 heterocycles. The van der Waals surface area contributed by atoms with E-state index in [4.69, 9.17) is 10.5 Å². The second-order valence-corrected chi connectivity index (χ2v) is 4.08. The molecule has 0 atom stereocenters. The minimum Gasteiger partial charge on any atom is -0.504 e. The van der Waals surface area contributed by atoms with Gasteiger partial charge in [-0.2, -0.15) is 0 Å². The summed E-state index contributed by atoms with van der Waals surface area (Å²) in [6.45, 7) is 0.955. The maximum atomic E-state index is 10.0. The van der Waals surface area contributed by atoms with Gasteiger partial charge in [0.25, 0.3) is 0 Å². The molecule has 18 heavy (non-hydrogen) atoms. The third-order valence-corrected chi connectivity index (χ3v) is 2.73. The van der Waals surface area contributed by atoms with Gasteiger partial charge in [0.2, 0.25) is 0 Å². The van der Waals surface area contributed by atoms with Gasteiger partial charge in [-0.1, -0.05) is 42.5 Å². The number of ether oxygens (including phenoxy) is 1. The lowest BCUT2D eigenvalue weighted by Crippen LogP contribution is -2.03. The Hall–Kier alpha value is -2.00. The van der Waals surface area contributed by atoms with Gasteiger partial charge in [-0.05, 0) is 30.2 Å². The summed E-state index contributed by atoms with van der Waals surface area (Å²) < 4.78 is 5.62. The molecule has 2 aromatic rings. The first-order chi connectivity index (χ1) is 8.81. The predicted octanol–water partition coefficient (Wildman–Crippen LogP) is 2.47. The number of hydrogen-bond acceptors (Lipinski definition) is 3. The molecule has 0 spiro atoms. The van der Waals surface area contributed by atoms with Crippen LogP contribution in [0.4, 0.5) is 0 Å². The van der Waals surface area contributed by atoms with Crippen molar-refractivity contribution in [2.75, 3.05) is 6.54 Å². The van der Waals surface area contributed by atoms with Crippen molar-refractivity contribution in [2.45, 2.75) is 13.0 Å². The van der Waals surface area contributed by atoms with Gasteiger partial charge in [0, 0.05) is 0 Å². The Balaban J connectivity index is 2.08. The summed E-state index contributed by atoms with van der Waals surface area (Å²) in [7, 11) is 0. The van der Waals surface area contributed by atoms with Gasteiger partial charge in [0.05, 0.1) is 0 Å². The molecule has 0 bridgehead atoms. The molecule has 0 saturated carbocycles. The van der Waals surface area contributed by atoms with Crippen molar-refractivity contribution >= 4 is 0 Å². The van der Waals surface area contributed by atoms with Crippen LogP contribution >= 0.6 is 0 Å². The Morgan fingerprint density at radius 3 is 2.50 bits per heavy atom. The maximum absolute atomic E-state index is 10.0. The number of nitrogens with two attached hydrogens (primary N) is 1. The number of phenolic OH excluding ortho intramolecular Hbond substituents is 1. The van der Waals surface area contributed by atoms with Crippen molar-refractivity contribution in [3.63, 3.8) is 0 Å². The van der Waals surface area contributed by atoms with Crippen LogP contribution in [0, 0.1) is 0 Å². The molecule has 3 nitrogen and oxygen atoms in total. The third-order valence-electron chi connectivity index (χ3n) is 2.73. The van der Waals surface area contributed by atoms with E-state index in [1.807, 2.05) is 42.5 Å². The third kappa shape index (κ3) is 3.02. The molecule has 0 fully saturated rings. The van der Waals surface area contributed by atoms with Crippen LogP contribution in [0.3, 0.4) is 0 Å². The highest BCUT2D eigenvalue weighted by Crippen LogP contribution is 2.30. The molecule has 94 valence electrons. The van der Waals surface area contributed by atoms with Gasteiger partial charge in [-0.15, -0.1) is 0 Å². The van der Waals surface area contributed by atoms with Crippen molar-refractivity contribution in [1.29, 1.82) is 0 Å². The topological polar surface area (TPSA) is 55.5 Å². The van der Waals surface area contributed by atoms with Crippen LogP contribution in [0.5, 0.6) is 11.5 Å². The van der Waals surface area contributed by atoms with Crippen LogP contribution in [0.2, 0.25) is 0 Å². The van der Waals surface area contributed by atoms with E-state index in [0.717, 1.165) is 11.1 Å². The molecule has 0 aliphatic rings. The SMILES string of the molecule is NCCc1cccc(OCc2ccccc2)c1O. The fraction of sp³-hybridized carbons (Fsp3) is 0.200. The average molecular weight is 243 g/mol. The van der Waals surface area contributed by atoms with Crippen molar-refractivity contribution in [3.05, 3.63) is 59.7 Å². The molecule has 0 radical (unpaired) electrons. The van der Waals surface area contributed by atoms with Crippen molar-refractivity contribution in [1.82, 2.24) is 0 Å². The summed E-state index contributed by atoms with van der Waals surface area (Å²) in [6, 6.07) is 15.3. The highest BCUT2D eigenvalue weighted by atomic mass is 16.5. The van der Waals surface area contributed by atoms with Gasteiger partial charge in [-0.3, -0.25) is 0 Å². The molecule has 0 saturated heterocycles. The molecule has 3 N–H and O–H groups in total. The van der Waals surface area contributed by atoms with Crippen LogP contribution in [0.1, 0.15) is 11.1 Å². The zero-order chi connectivity index (χ0) is 12.8. The van der Waals surface area contributed by atoms with Crippen molar-refractivity contribution < 1.29 is 9.84 Å². The fourth-order valence-electron chi connectivity index (χ4n) is 1.78. The molecule has 2 aromatic carbocycles. The molecular formula is C15H17NO2. The van der Waals surface area contributed by atoms with E-state index in [9.17, 15) is 5.11 Å². The smallest absolute Gasteiger partial charge is 0.161 e. The maximum Gasteiger partial charge on any atom is 0.161 e. The Labute approximate surface area is 107 Å². The second-order valence-electron chi connectivity index (χ2n) is 4.08. The summed E-state index contributed by atoms with van der Waals surface area (Å²) in [5, 5.41) is 10.0. The summed E-state index contributed by atoms with van der Waals surface area (Å²) in [5.74, 6) is 0.698. The van der Waals surface area contributed by atoms with Crippen molar-refractivity contribution in [2.24, 2.45) is 5.73 Å². The fourth-order valence-corrected chi connectivity index (χ4v) is 1.78. The van der Waals surface area contributed by atoms with E-state index in [0.29, 0.717) is 25.3 Å². The van der Waals surface area contributed by atoms with E-state index in [1.54, 1.807) is 6.07 Å². The van der Waals surface area contributed by atoms with Crippen LogP contribution in [0.15, 0.2) is 48.5 Å². The molecule has 0 aromatic heterocycles. The van der Waals surface area contributed by atoms with Gasteiger partial charge in [0.15, 0.2) is 11.5 Å². The van der Waals surface area contributed by atoms with Gasteiger partial charge < -0.3 is 15.6 Å². The number of hydrogen-bond donors (Lipinski definition) is 2. The van der Waals surface area contributed by atoms with Crippen LogP contribution in [-0.2, 0) is 13.0 Å². The summed E-state index contributed by atoms with van der Waals surface area (Å²) >= 11 is 0. The van der Waals surface area contributed by atoms with E-state index in [1.165, 1.54) is 0 Å². The minimum atomic E-state index is 0.193. The van der Waals surface area contributed by atoms with Gasteiger partial charge in [-0.25, -0.2) is 0 Å². The molecule has 0 aliphatic heterocycles. The first-order valence-corrected chi connectivity index (χ1v) is 5.99. The molecule has 0 unspecified atom stereocenters. The number of para-hydroxylation sites is 1. The lowest BCUT2D eigenvalue weighted by molar-refractivity contribution is 0.288. The highest BCUT2D eigenvalue weighted by molar-refractivity contribution is 5.45. The molecular weight excluding hydrogens is 226 g/mol. The summed E-state index contributed by atoms with van der Waals surface area (Å²) in [5.41, 5.74) is 7.39. The first-order valence-electron chi connectivity index (χ1n) is 5.99. The highest BCUT2D eigenvalue weighted by Gasteiger charge is 2.07. The van der Waals surface area contributed by atoms with Crippen molar-refractivity contribution in [3.8, 4) is 11.5 Å². The largest absolute Gasteiger partial charge is 0.504 e. The molecule has 3 heteroatoms. The number of phenols is 1. The predicted molar refractivity (Wildman–Crippen MR) is 71.6 cm³/mol. The normalized spacial score (nSPS) is 10.3. The Kier molecular flexibility index (Phi) is 4.20.